The lowest BCUT2D eigenvalue weighted by Crippen LogP contribution is -2.56. The summed E-state index contributed by atoms with van der Waals surface area (Å²) in [6, 6.07) is 0.403. The number of carbonyl (C=O) groups excluding carboxylic acids is 2. The summed E-state index contributed by atoms with van der Waals surface area (Å²) >= 11 is 12.0. The average Bonchev–Trinajstić information content (AvgIpc) is 3.36. The number of aliphatic hydroxyl groups excluding tert-OH is 2. The van der Waals surface area contributed by atoms with E-state index in [1.54, 1.807) is 20.8 Å². The van der Waals surface area contributed by atoms with Crippen LogP contribution in [0.15, 0.2) is 30.3 Å². The largest absolute Gasteiger partial charge is 0.511 e. The van der Waals surface area contributed by atoms with Crippen molar-refractivity contribution < 1.29 is 50.2 Å². The number of fused-ring (bicyclic) bond motifs is 2. The maximum Gasteiger partial charge on any atom is 0.511 e. The topological polar surface area (TPSA) is 136 Å². The van der Waals surface area contributed by atoms with Gasteiger partial charge in [-0.15, -0.1) is 0 Å². The van der Waals surface area contributed by atoms with Gasteiger partial charge in [0.25, 0.3) is 0 Å². The highest BCUT2D eigenvalue weighted by atomic mass is 35.5. The van der Waals surface area contributed by atoms with E-state index in [1.807, 2.05) is 0 Å². The lowest BCUT2D eigenvalue weighted by Gasteiger charge is -2.39. The molecule has 0 aromatic heterocycles. The number of anilines is 1. The number of nitrogens with zero attached hydrogens (tertiary/aromatic N) is 1. The Balaban J connectivity index is 2.14. The van der Waals surface area contributed by atoms with Crippen molar-refractivity contribution in [1.29, 1.82) is 0 Å². The second kappa shape index (κ2) is 12.2. The molecule has 17 heteroatoms. The van der Waals surface area contributed by atoms with Crippen LogP contribution in [0.25, 0.3) is 0 Å². The van der Waals surface area contributed by atoms with Crippen LogP contribution in [0, 0.1) is 17.0 Å². The van der Waals surface area contributed by atoms with E-state index < -0.39 is 104 Å². The predicted molar refractivity (Wildman–Crippen MR) is 155 cm³/mol. The number of aliphatic hydroxyl groups is 2. The van der Waals surface area contributed by atoms with E-state index in [-0.39, 0.29) is 27.5 Å². The van der Waals surface area contributed by atoms with Gasteiger partial charge in [0, 0.05) is 24.2 Å². The van der Waals surface area contributed by atoms with Gasteiger partial charge < -0.3 is 20.8 Å². The zero-order valence-electron chi connectivity index (χ0n) is 24.1. The zero-order valence-corrected chi connectivity index (χ0v) is 26.4. The van der Waals surface area contributed by atoms with Crippen molar-refractivity contribution in [2.45, 2.75) is 68.6 Å². The molecule has 5 atom stereocenters. The first kappa shape index (κ1) is 35.3. The maximum atomic E-state index is 15.1. The van der Waals surface area contributed by atoms with Gasteiger partial charge in [0.2, 0.25) is 11.8 Å². The van der Waals surface area contributed by atoms with Gasteiger partial charge in [-0.1, -0.05) is 50.0 Å². The van der Waals surface area contributed by atoms with Gasteiger partial charge >= 0.3 is 15.5 Å². The van der Waals surface area contributed by atoms with Crippen LogP contribution in [0.2, 0.25) is 10.0 Å². The molecular formula is C28H30Cl2F5N3O6S. The molecule has 0 saturated carbocycles. The Bertz CT molecular complexity index is 1620. The highest BCUT2D eigenvalue weighted by molar-refractivity contribution is 7.90. The number of rotatable bonds is 8. The van der Waals surface area contributed by atoms with Crippen molar-refractivity contribution in [3.8, 4) is 0 Å². The second-order valence-corrected chi connectivity index (χ2v) is 14.9. The SMILES string of the molecule is CC(C)(C)C[C@H]1N(S(=O)(=O)C(F)(F)F)[C@@H](C(=O)NCC[C@H](O)CO)[C@H](c2ccc(F)c(Cl)c2)[C@@]12C(=O)Nc1cc(Cl)c(F)cc12. The third-order valence-electron chi connectivity index (χ3n) is 7.98. The van der Waals surface area contributed by atoms with E-state index in [4.69, 9.17) is 28.3 Å². The van der Waals surface area contributed by atoms with Crippen molar-refractivity contribution in [1.82, 2.24) is 9.62 Å². The molecule has 0 aliphatic carbocycles. The Labute approximate surface area is 265 Å². The summed E-state index contributed by atoms with van der Waals surface area (Å²) in [6.45, 7) is 3.60. The third-order valence-corrected chi connectivity index (χ3v) is 10.2. The van der Waals surface area contributed by atoms with Crippen LogP contribution in [-0.4, -0.2) is 71.6 Å². The minimum absolute atomic E-state index is 0.0564. The van der Waals surface area contributed by atoms with Crippen molar-refractivity contribution in [3.05, 3.63) is 63.1 Å². The van der Waals surface area contributed by atoms with Gasteiger partial charge in [0.1, 0.15) is 23.1 Å². The minimum atomic E-state index is -6.43. The fraction of sp³-hybridized carbons (Fsp3) is 0.500. The molecule has 2 aliphatic rings. The van der Waals surface area contributed by atoms with Crippen LogP contribution < -0.4 is 10.6 Å². The molecule has 1 fully saturated rings. The molecule has 1 spiro atoms. The monoisotopic (exact) mass is 701 g/mol. The number of carbonyl (C=O) groups is 2. The molecule has 2 amide bonds. The lowest BCUT2D eigenvalue weighted by atomic mass is 9.62. The number of sulfonamides is 1. The number of benzene rings is 2. The van der Waals surface area contributed by atoms with Gasteiger partial charge in [-0.3, -0.25) is 9.59 Å². The van der Waals surface area contributed by atoms with Crippen molar-refractivity contribution in [2.24, 2.45) is 5.41 Å². The van der Waals surface area contributed by atoms with Crippen molar-refractivity contribution in [3.63, 3.8) is 0 Å². The first-order valence-electron chi connectivity index (χ1n) is 13.6. The number of nitrogens with one attached hydrogen (secondary N) is 2. The normalized spacial score (nSPS) is 24.5. The van der Waals surface area contributed by atoms with E-state index in [1.165, 1.54) is 0 Å². The molecule has 0 radical (unpaired) electrons. The summed E-state index contributed by atoms with van der Waals surface area (Å²) in [7, 11) is -6.43. The average molecular weight is 703 g/mol. The fourth-order valence-corrected chi connectivity index (χ4v) is 7.91. The van der Waals surface area contributed by atoms with Gasteiger partial charge in [-0.2, -0.15) is 17.5 Å². The highest BCUT2D eigenvalue weighted by Crippen LogP contribution is 2.61. The Morgan fingerprint density at radius 3 is 2.29 bits per heavy atom. The standard InChI is InChI=1S/C28H30Cl2F5N3O6S/c1-26(2,3)11-21-27(15-9-19(32)17(30)10-20(15)37-25(27)42)22(13-4-5-18(31)16(29)8-13)23(24(41)36-7-6-14(40)12-39)38(21)45(43,44)28(33,34)35/h4-5,8-10,14,21-23,39-40H,6-7,11-12H2,1-3H3,(H,36,41)(H,37,42)/t14-,21+,22-,23+,27-/m0/s1. The molecule has 2 aliphatic heterocycles. The van der Waals surface area contributed by atoms with Gasteiger partial charge in [0.15, 0.2) is 0 Å². The van der Waals surface area contributed by atoms with E-state index in [0.29, 0.717) is 0 Å². The zero-order chi connectivity index (χ0) is 33.9. The Morgan fingerprint density at radius 2 is 1.73 bits per heavy atom. The lowest BCUT2D eigenvalue weighted by molar-refractivity contribution is -0.125. The van der Waals surface area contributed by atoms with Crippen LogP contribution >= 0.6 is 23.2 Å². The Kier molecular flexibility index (Phi) is 9.59. The van der Waals surface area contributed by atoms with Gasteiger partial charge in [-0.05, 0) is 53.6 Å². The molecule has 1 saturated heterocycles. The summed E-state index contributed by atoms with van der Waals surface area (Å²) < 4.78 is 99.9. The molecule has 4 N–H and O–H groups in total. The van der Waals surface area contributed by atoms with Crippen LogP contribution in [0.5, 0.6) is 0 Å². The first-order valence-corrected chi connectivity index (χ1v) is 15.8. The van der Waals surface area contributed by atoms with Gasteiger partial charge in [-0.25, -0.2) is 17.2 Å². The van der Waals surface area contributed by atoms with E-state index >= 15 is 4.39 Å². The van der Waals surface area contributed by atoms with Crippen molar-refractivity contribution in [2.75, 3.05) is 18.5 Å². The maximum absolute atomic E-state index is 15.1. The number of halogens is 7. The Hall–Kier alpha value is -2.56. The quantitative estimate of drug-likeness (QED) is 0.301. The molecule has 2 aromatic carbocycles. The van der Waals surface area contributed by atoms with E-state index in [0.717, 1.165) is 30.3 Å². The molecule has 2 aromatic rings. The molecule has 0 unspecified atom stereocenters. The minimum Gasteiger partial charge on any atom is -0.394 e. The molecule has 0 bridgehead atoms. The number of amides is 2. The molecule has 2 heterocycles. The van der Waals surface area contributed by atoms with Crippen LogP contribution in [0.1, 0.15) is 50.7 Å². The fourth-order valence-electron chi connectivity index (χ4n) is 6.22. The number of hydrogen-bond donors (Lipinski definition) is 4. The number of hydrogen-bond acceptors (Lipinski definition) is 6. The summed E-state index contributed by atoms with van der Waals surface area (Å²) in [5, 5.41) is 22.7. The molecular weight excluding hydrogens is 672 g/mol. The van der Waals surface area contributed by atoms with Crippen LogP contribution in [-0.2, 0) is 25.0 Å². The molecule has 45 heavy (non-hydrogen) atoms. The molecule has 248 valence electrons. The van der Waals surface area contributed by atoms with E-state index in [2.05, 4.69) is 10.6 Å². The number of alkyl halides is 3. The second-order valence-electron chi connectivity index (χ2n) is 12.2. The molecule has 9 nitrogen and oxygen atoms in total. The molecule has 4 rings (SSSR count). The van der Waals surface area contributed by atoms with Crippen LogP contribution in [0.3, 0.4) is 0 Å². The van der Waals surface area contributed by atoms with Crippen molar-refractivity contribution >= 4 is 50.7 Å². The highest BCUT2D eigenvalue weighted by Gasteiger charge is 2.73. The first-order chi connectivity index (χ1) is 20.7. The predicted octanol–water partition coefficient (Wildman–Crippen LogP) is 4.44. The summed E-state index contributed by atoms with van der Waals surface area (Å²) in [6.07, 6.45) is -2.04. The van der Waals surface area contributed by atoms with Gasteiger partial charge in [0.05, 0.1) is 22.8 Å². The summed E-state index contributed by atoms with van der Waals surface area (Å²) in [4.78, 5) is 28.2. The third kappa shape index (κ3) is 6.14. The van der Waals surface area contributed by atoms with E-state index in [9.17, 15) is 40.7 Å². The Morgan fingerprint density at radius 1 is 1.11 bits per heavy atom. The van der Waals surface area contributed by atoms with Crippen LogP contribution in [0.4, 0.5) is 27.6 Å². The summed E-state index contributed by atoms with van der Waals surface area (Å²) in [5.74, 6) is -6.21. The summed E-state index contributed by atoms with van der Waals surface area (Å²) in [5.41, 5.74) is -9.93. The smallest absolute Gasteiger partial charge is 0.394 e.